The number of aliphatic imine (C=N–C) groups is 2. The molecule has 0 saturated carbocycles. The zero-order valence-corrected chi connectivity index (χ0v) is 14.9. The average molecular weight is 349 g/mol. The number of nitrogens with two attached hydrogens (primary N) is 1. The maximum Gasteiger partial charge on any atom is 0.228 e. The summed E-state index contributed by atoms with van der Waals surface area (Å²) >= 11 is 0. The molecule has 7 heteroatoms. The number of carbonyl (C=O) groups excluding carboxylic acids is 1. The van der Waals surface area contributed by atoms with Crippen LogP contribution in [0, 0.1) is 5.41 Å². The first-order valence-corrected chi connectivity index (χ1v) is 8.78. The third kappa shape index (κ3) is 5.22. The minimum Gasteiger partial charge on any atom is -0.353 e. The monoisotopic (exact) mass is 349 g/mol. The van der Waals surface area contributed by atoms with Gasteiger partial charge in [-0.15, -0.1) is 0 Å². The highest BCUT2D eigenvalue weighted by Crippen LogP contribution is 2.38. The SMILES string of the molecule is CN1CCC2(CCN=CN/C=C(/CC/C(=C/F)CN)C=NCC2)C1=O. The molecule has 2 rings (SSSR count). The number of allylic oxidation sites excluding steroid dienone is 1. The average Bonchev–Trinajstić information content (AvgIpc) is 2.89. The van der Waals surface area contributed by atoms with Crippen LogP contribution in [-0.2, 0) is 4.79 Å². The molecule has 138 valence electrons. The third-order valence-electron chi connectivity index (χ3n) is 5.01. The summed E-state index contributed by atoms with van der Waals surface area (Å²) in [6.45, 7) is 2.23. The van der Waals surface area contributed by atoms with Crippen LogP contribution in [0.5, 0.6) is 0 Å². The summed E-state index contributed by atoms with van der Waals surface area (Å²) in [6.07, 6.45) is 9.39. The summed E-state index contributed by atoms with van der Waals surface area (Å²) in [5.74, 6) is 0.208. The first-order chi connectivity index (χ1) is 12.1. The van der Waals surface area contributed by atoms with E-state index < -0.39 is 0 Å². The molecule has 6 nitrogen and oxygen atoms in total. The molecular formula is C18H28FN5O. The number of hydrogen-bond donors (Lipinski definition) is 2. The maximum atomic E-state index is 12.6. The van der Waals surface area contributed by atoms with Crippen molar-refractivity contribution >= 4 is 18.5 Å². The van der Waals surface area contributed by atoms with Crippen LogP contribution in [0.3, 0.4) is 0 Å². The lowest BCUT2D eigenvalue weighted by molar-refractivity contribution is -0.135. The number of carbonyl (C=O) groups is 1. The summed E-state index contributed by atoms with van der Waals surface area (Å²) in [5.41, 5.74) is 6.68. The Kier molecular flexibility index (Phi) is 7.31. The Bertz CT molecular complexity index is 584. The minimum absolute atomic E-state index is 0.208. The Labute approximate surface area is 148 Å². The van der Waals surface area contributed by atoms with Crippen molar-refractivity contribution in [3.05, 3.63) is 23.7 Å². The first-order valence-electron chi connectivity index (χ1n) is 8.78. The second kappa shape index (κ2) is 9.46. The molecule has 0 aromatic rings. The predicted octanol–water partition coefficient (Wildman–Crippen LogP) is 1.79. The Morgan fingerprint density at radius 2 is 2.16 bits per heavy atom. The minimum atomic E-state index is -0.337. The number of nitrogens with one attached hydrogen (secondary N) is 1. The molecule has 0 bridgehead atoms. The molecule has 1 atom stereocenters. The van der Waals surface area contributed by atoms with Gasteiger partial charge < -0.3 is 16.0 Å². The standard InChI is InChI=1S/C18H28FN5O/c1-24-9-6-18(17(24)25)4-7-21-12-16(3-2-15(10-19)11-20)13-23-14-22-8-5-18/h10,12-14H,2-9,11,20H2,1H3,(H,22,23)/b15-10-,16-13-,21-12?. The largest absolute Gasteiger partial charge is 0.353 e. The summed E-state index contributed by atoms with van der Waals surface area (Å²) in [4.78, 5) is 23.2. The van der Waals surface area contributed by atoms with Gasteiger partial charge in [-0.25, -0.2) is 4.39 Å². The summed E-state index contributed by atoms with van der Waals surface area (Å²) in [6, 6.07) is 0. The van der Waals surface area contributed by atoms with E-state index in [1.807, 2.05) is 13.2 Å². The topological polar surface area (TPSA) is 83.1 Å². The van der Waals surface area contributed by atoms with Gasteiger partial charge in [0.15, 0.2) is 0 Å². The number of hydrogen-bond acceptors (Lipinski definition) is 5. The second-order valence-electron chi connectivity index (χ2n) is 6.68. The highest BCUT2D eigenvalue weighted by Gasteiger charge is 2.44. The number of rotatable bonds is 4. The van der Waals surface area contributed by atoms with Crippen molar-refractivity contribution in [3.8, 4) is 0 Å². The van der Waals surface area contributed by atoms with E-state index in [2.05, 4.69) is 15.3 Å². The van der Waals surface area contributed by atoms with E-state index in [0.29, 0.717) is 37.8 Å². The summed E-state index contributed by atoms with van der Waals surface area (Å²) < 4.78 is 12.6. The number of halogens is 1. The van der Waals surface area contributed by atoms with Crippen LogP contribution in [0.4, 0.5) is 4.39 Å². The first kappa shape index (κ1) is 19.3. The Morgan fingerprint density at radius 1 is 1.40 bits per heavy atom. The van der Waals surface area contributed by atoms with Crippen molar-refractivity contribution in [2.75, 3.05) is 33.2 Å². The predicted molar refractivity (Wildman–Crippen MR) is 99.3 cm³/mol. The summed E-state index contributed by atoms with van der Waals surface area (Å²) in [5, 5.41) is 3.03. The number of likely N-dealkylation sites (tertiary alicyclic amines) is 1. The smallest absolute Gasteiger partial charge is 0.228 e. The van der Waals surface area contributed by atoms with Crippen LogP contribution in [0.15, 0.2) is 33.7 Å². The normalized spacial score (nSPS) is 27.6. The Balaban J connectivity index is 2.04. The zero-order chi connectivity index (χ0) is 18.1. The molecular weight excluding hydrogens is 321 g/mol. The zero-order valence-electron chi connectivity index (χ0n) is 14.9. The quantitative estimate of drug-likeness (QED) is 0.812. The van der Waals surface area contributed by atoms with Gasteiger partial charge >= 0.3 is 0 Å². The molecule has 0 radical (unpaired) electrons. The Hall–Kier alpha value is -2.02. The molecule has 25 heavy (non-hydrogen) atoms. The van der Waals surface area contributed by atoms with Crippen molar-refractivity contribution in [3.63, 3.8) is 0 Å². The van der Waals surface area contributed by atoms with Gasteiger partial charge in [0.1, 0.15) is 0 Å². The molecule has 1 spiro atoms. The van der Waals surface area contributed by atoms with Crippen LogP contribution in [0.25, 0.3) is 0 Å². The number of amides is 1. The van der Waals surface area contributed by atoms with E-state index >= 15 is 0 Å². The lowest BCUT2D eigenvalue weighted by atomic mass is 9.79. The Morgan fingerprint density at radius 3 is 2.80 bits per heavy atom. The maximum absolute atomic E-state index is 12.6. The van der Waals surface area contributed by atoms with Crippen molar-refractivity contribution in [1.29, 1.82) is 0 Å². The molecule has 0 aliphatic carbocycles. The molecule has 0 aromatic heterocycles. The van der Waals surface area contributed by atoms with Crippen molar-refractivity contribution in [2.24, 2.45) is 21.1 Å². The van der Waals surface area contributed by atoms with E-state index in [1.54, 1.807) is 17.5 Å². The highest BCUT2D eigenvalue weighted by molar-refractivity contribution is 5.84. The van der Waals surface area contributed by atoms with Crippen LogP contribution >= 0.6 is 0 Å². The lowest BCUT2D eigenvalue weighted by Crippen LogP contribution is -2.34. The van der Waals surface area contributed by atoms with Crippen LogP contribution < -0.4 is 11.1 Å². The van der Waals surface area contributed by atoms with Gasteiger partial charge in [0.25, 0.3) is 0 Å². The van der Waals surface area contributed by atoms with E-state index in [4.69, 9.17) is 5.73 Å². The molecule has 1 fully saturated rings. The van der Waals surface area contributed by atoms with Crippen molar-refractivity contribution < 1.29 is 9.18 Å². The molecule has 2 aliphatic heterocycles. The van der Waals surface area contributed by atoms with E-state index in [0.717, 1.165) is 31.4 Å². The molecule has 0 aromatic carbocycles. The van der Waals surface area contributed by atoms with Crippen LogP contribution in [-0.4, -0.2) is 56.6 Å². The van der Waals surface area contributed by atoms with Crippen LogP contribution in [0.1, 0.15) is 32.1 Å². The fourth-order valence-electron chi connectivity index (χ4n) is 3.26. The van der Waals surface area contributed by atoms with E-state index in [1.165, 1.54) is 0 Å². The fourth-order valence-corrected chi connectivity index (χ4v) is 3.26. The molecule has 1 amide bonds. The molecule has 1 unspecified atom stereocenters. The highest BCUT2D eigenvalue weighted by atomic mass is 19.1. The molecule has 1 saturated heterocycles. The lowest BCUT2D eigenvalue weighted by Gasteiger charge is -2.25. The second-order valence-corrected chi connectivity index (χ2v) is 6.68. The van der Waals surface area contributed by atoms with Crippen molar-refractivity contribution in [1.82, 2.24) is 10.2 Å². The van der Waals surface area contributed by atoms with Gasteiger partial charge in [-0.1, -0.05) is 0 Å². The molecule has 2 heterocycles. The van der Waals surface area contributed by atoms with Gasteiger partial charge in [0, 0.05) is 45.6 Å². The van der Waals surface area contributed by atoms with Gasteiger partial charge in [-0.05, 0) is 43.3 Å². The van der Waals surface area contributed by atoms with Gasteiger partial charge in [0.05, 0.1) is 18.1 Å². The molecule has 3 N–H and O–H groups in total. The van der Waals surface area contributed by atoms with Gasteiger partial charge in [0.2, 0.25) is 5.91 Å². The van der Waals surface area contributed by atoms with Crippen LogP contribution in [0.2, 0.25) is 0 Å². The number of nitrogens with zero attached hydrogens (tertiary/aromatic N) is 3. The van der Waals surface area contributed by atoms with Gasteiger partial charge in [-0.2, -0.15) is 0 Å². The summed E-state index contributed by atoms with van der Waals surface area (Å²) in [7, 11) is 1.86. The van der Waals surface area contributed by atoms with E-state index in [-0.39, 0.29) is 17.9 Å². The third-order valence-corrected chi connectivity index (χ3v) is 5.01. The molecule has 2 aliphatic rings. The van der Waals surface area contributed by atoms with Gasteiger partial charge in [-0.3, -0.25) is 14.8 Å². The van der Waals surface area contributed by atoms with E-state index in [9.17, 15) is 9.18 Å². The fraction of sp³-hybridized carbons (Fsp3) is 0.611. The van der Waals surface area contributed by atoms with Crippen molar-refractivity contribution in [2.45, 2.75) is 32.1 Å².